The minimum Gasteiger partial charge on any atom is -0.330 e. The maximum Gasteiger partial charge on any atom is 0.123 e. The molecule has 0 saturated carbocycles. The molecule has 4 nitrogen and oxygen atoms in total. The number of imidazole rings is 1. The average molecular weight is 200 g/mol. The molecular weight excluding hydrogens is 188 g/mol. The summed E-state index contributed by atoms with van der Waals surface area (Å²) in [4.78, 5) is 4.46. The first-order valence-electron chi connectivity index (χ1n) is 4.76. The summed E-state index contributed by atoms with van der Waals surface area (Å²) in [5, 5.41) is 11.8. The van der Waals surface area contributed by atoms with Crippen LogP contribution in [-0.4, -0.2) is 16.6 Å². The van der Waals surface area contributed by atoms with Crippen LogP contribution in [0.3, 0.4) is 0 Å². The van der Waals surface area contributed by atoms with Crippen LogP contribution in [-0.2, 0) is 13.6 Å². The van der Waals surface area contributed by atoms with Crippen LogP contribution in [0.15, 0.2) is 18.2 Å². The zero-order valence-corrected chi connectivity index (χ0v) is 8.78. The molecular formula is C11H12N4. The van der Waals surface area contributed by atoms with Crippen molar-refractivity contribution in [2.75, 3.05) is 7.05 Å². The van der Waals surface area contributed by atoms with Crippen molar-refractivity contribution >= 4 is 11.0 Å². The van der Waals surface area contributed by atoms with Crippen LogP contribution >= 0.6 is 0 Å². The lowest BCUT2D eigenvalue weighted by molar-refractivity contribution is 0.719. The second-order valence-corrected chi connectivity index (χ2v) is 3.43. The molecule has 0 spiro atoms. The van der Waals surface area contributed by atoms with Crippen molar-refractivity contribution in [3.8, 4) is 6.07 Å². The first-order chi connectivity index (χ1) is 7.26. The van der Waals surface area contributed by atoms with Crippen molar-refractivity contribution in [1.82, 2.24) is 14.9 Å². The molecule has 2 aromatic rings. The van der Waals surface area contributed by atoms with Gasteiger partial charge in [-0.3, -0.25) is 0 Å². The SMILES string of the molecule is CNCc1nc2cc(C#N)ccc2n1C. The highest BCUT2D eigenvalue weighted by Gasteiger charge is 2.06. The summed E-state index contributed by atoms with van der Waals surface area (Å²) in [6, 6.07) is 7.67. The molecule has 1 N–H and O–H groups in total. The number of rotatable bonds is 2. The Labute approximate surface area is 88.2 Å². The molecule has 0 unspecified atom stereocenters. The standard InChI is InChI=1S/C11H12N4/c1-13-7-11-14-9-5-8(6-12)3-4-10(9)15(11)2/h3-5,13H,7H2,1-2H3. The van der Waals surface area contributed by atoms with Gasteiger partial charge in [-0.2, -0.15) is 5.26 Å². The van der Waals surface area contributed by atoms with Crippen LogP contribution in [0.1, 0.15) is 11.4 Å². The van der Waals surface area contributed by atoms with Gasteiger partial charge in [-0.25, -0.2) is 4.98 Å². The Morgan fingerprint density at radius 1 is 1.53 bits per heavy atom. The summed E-state index contributed by atoms with van der Waals surface area (Å²) >= 11 is 0. The molecule has 0 bridgehead atoms. The number of hydrogen-bond donors (Lipinski definition) is 1. The van der Waals surface area contributed by atoms with Gasteiger partial charge in [0.1, 0.15) is 5.82 Å². The Balaban J connectivity index is 2.61. The van der Waals surface area contributed by atoms with Crippen LogP contribution in [0, 0.1) is 11.3 Å². The van der Waals surface area contributed by atoms with Gasteiger partial charge in [0.15, 0.2) is 0 Å². The van der Waals surface area contributed by atoms with Crippen LogP contribution in [0.25, 0.3) is 11.0 Å². The van der Waals surface area contributed by atoms with Crippen molar-refractivity contribution in [3.05, 3.63) is 29.6 Å². The molecule has 1 aromatic heterocycles. The topological polar surface area (TPSA) is 53.6 Å². The summed E-state index contributed by atoms with van der Waals surface area (Å²) in [6.07, 6.45) is 0. The van der Waals surface area contributed by atoms with Gasteiger partial charge in [-0.05, 0) is 25.2 Å². The third-order valence-electron chi connectivity index (χ3n) is 2.44. The van der Waals surface area contributed by atoms with Gasteiger partial charge in [0.2, 0.25) is 0 Å². The number of fused-ring (bicyclic) bond motifs is 1. The normalized spacial score (nSPS) is 10.5. The van der Waals surface area contributed by atoms with Crippen molar-refractivity contribution in [3.63, 3.8) is 0 Å². The molecule has 1 heterocycles. The zero-order valence-electron chi connectivity index (χ0n) is 8.78. The molecule has 2 rings (SSSR count). The molecule has 0 aliphatic heterocycles. The summed E-state index contributed by atoms with van der Waals surface area (Å²) in [7, 11) is 3.87. The van der Waals surface area contributed by atoms with Gasteiger partial charge >= 0.3 is 0 Å². The van der Waals surface area contributed by atoms with E-state index in [2.05, 4.69) is 16.4 Å². The lowest BCUT2D eigenvalue weighted by atomic mass is 10.2. The van der Waals surface area contributed by atoms with E-state index in [-0.39, 0.29) is 0 Å². The predicted octanol–water partition coefficient (Wildman–Crippen LogP) is 1.16. The van der Waals surface area contributed by atoms with E-state index in [1.54, 1.807) is 0 Å². The maximum absolute atomic E-state index is 8.78. The fourth-order valence-electron chi connectivity index (χ4n) is 1.64. The van der Waals surface area contributed by atoms with E-state index in [1.807, 2.05) is 36.9 Å². The van der Waals surface area contributed by atoms with Crippen molar-refractivity contribution in [2.45, 2.75) is 6.54 Å². The quantitative estimate of drug-likeness (QED) is 0.791. The van der Waals surface area contributed by atoms with E-state index >= 15 is 0 Å². The summed E-state index contributed by atoms with van der Waals surface area (Å²) < 4.78 is 2.03. The molecule has 15 heavy (non-hydrogen) atoms. The van der Waals surface area contributed by atoms with Crippen LogP contribution in [0.4, 0.5) is 0 Å². The fraction of sp³-hybridized carbons (Fsp3) is 0.273. The maximum atomic E-state index is 8.78. The molecule has 0 fully saturated rings. The van der Waals surface area contributed by atoms with Crippen LogP contribution in [0.5, 0.6) is 0 Å². The summed E-state index contributed by atoms with van der Waals surface area (Å²) in [6.45, 7) is 0.729. The highest BCUT2D eigenvalue weighted by Crippen LogP contribution is 2.16. The smallest absolute Gasteiger partial charge is 0.123 e. The van der Waals surface area contributed by atoms with Crippen LogP contribution in [0.2, 0.25) is 0 Å². The monoisotopic (exact) mass is 200 g/mol. The number of benzene rings is 1. The number of nitrogens with one attached hydrogen (secondary N) is 1. The minimum atomic E-state index is 0.650. The summed E-state index contributed by atoms with van der Waals surface area (Å²) in [5.74, 6) is 0.975. The first-order valence-corrected chi connectivity index (χ1v) is 4.76. The third kappa shape index (κ3) is 1.58. The Kier molecular flexibility index (Phi) is 2.40. The zero-order chi connectivity index (χ0) is 10.8. The second kappa shape index (κ2) is 3.71. The van der Waals surface area contributed by atoms with Gasteiger partial charge in [0.05, 0.1) is 29.2 Å². The lowest BCUT2D eigenvalue weighted by Crippen LogP contribution is -2.10. The number of aromatic nitrogens is 2. The fourth-order valence-corrected chi connectivity index (χ4v) is 1.64. The number of nitrogens with zero attached hydrogens (tertiary/aromatic N) is 3. The van der Waals surface area contributed by atoms with Crippen molar-refractivity contribution in [2.24, 2.45) is 7.05 Å². The van der Waals surface area contributed by atoms with Gasteiger partial charge in [0, 0.05) is 7.05 Å². The molecule has 0 radical (unpaired) electrons. The van der Waals surface area contributed by atoms with E-state index in [0.717, 1.165) is 23.4 Å². The molecule has 0 aliphatic carbocycles. The molecule has 4 heteroatoms. The number of hydrogen-bond acceptors (Lipinski definition) is 3. The van der Waals surface area contributed by atoms with E-state index in [4.69, 9.17) is 5.26 Å². The molecule has 0 amide bonds. The highest BCUT2D eigenvalue weighted by atomic mass is 15.1. The average Bonchev–Trinajstić information content (AvgIpc) is 2.56. The predicted molar refractivity (Wildman–Crippen MR) is 58.2 cm³/mol. The van der Waals surface area contributed by atoms with E-state index in [9.17, 15) is 0 Å². The van der Waals surface area contributed by atoms with E-state index < -0.39 is 0 Å². The molecule has 0 atom stereocenters. The first kappa shape index (κ1) is 9.69. The number of aryl methyl sites for hydroxylation is 1. The number of nitriles is 1. The largest absolute Gasteiger partial charge is 0.330 e. The third-order valence-corrected chi connectivity index (χ3v) is 2.44. The Bertz CT molecular complexity index is 533. The molecule has 0 saturated heterocycles. The van der Waals surface area contributed by atoms with Crippen LogP contribution < -0.4 is 5.32 Å². The Hall–Kier alpha value is -1.86. The van der Waals surface area contributed by atoms with Gasteiger partial charge < -0.3 is 9.88 Å². The molecule has 76 valence electrons. The Morgan fingerprint density at radius 2 is 2.33 bits per heavy atom. The van der Waals surface area contributed by atoms with Gasteiger partial charge in [-0.1, -0.05) is 0 Å². The van der Waals surface area contributed by atoms with E-state index in [1.165, 1.54) is 0 Å². The summed E-state index contributed by atoms with van der Waals surface area (Å²) in [5.41, 5.74) is 2.58. The second-order valence-electron chi connectivity index (χ2n) is 3.43. The van der Waals surface area contributed by atoms with Gasteiger partial charge in [0.25, 0.3) is 0 Å². The van der Waals surface area contributed by atoms with E-state index in [0.29, 0.717) is 5.56 Å². The highest BCUT2D eigenvalue weighted by molar-refractivity contribution is 5.77. The lowest BCUT2D eigenvalue weighted by Gasteiger charge is -1.99. The van der Waals surface area contributed by atoms with Crippen molar-refractivity contribution in [1.29, 1.82) is 5.26 Å². The minimum absolute atomic E-state index is 0.650. The molecule has 0 aliphatic rings. The molecule has 1 aromatic carbocycles. The Morgan fingerprint density at radius 3 is 3.00 bits per heavy atom. The van der Waals surface area contributed by atoms with Crippen molar-refractivity contribution < 1.29 is 0 Å². The van der Waals surface area contributed by atoms with Gasteiger partial charge in [-0.15, -0.1) is 0 Å².